The summed E-state index contributed by atoms with van der Waals surface area (Å²) in [5.74, 6) is 0. The predicted molar refractivity (Wildman–Crippen MR) is 75.1 cm³/mol. The summed E-state index contributed by atoms with van der Waals surface area (Å²) >= 11 is 5.92. The minimum Gasteiger partial charge on any atom is -0.370 e. The van der Waals surface area contributed by atoms with Crippen molar-refractivity contribution in [1.29, 1.82) is 5.26 Å². The van der Waals surface area contributed by atoms with Gasteiger partial charge in [0, 0.05) is 24.2 Å². The van der Waals surface area contributed by atoms with Crippen LogP contribution >= 0.6 is 11.6 Å². The molecular weight excluding hydrogens is 246 g/mol. The highest BCUT2D eigenvalue weighted by Gasteiger charge is 2.22. The SMILES string of the molecule is CN(C)C1CCN(c2ccc(Cl)cc2C#N)CC1. The van der Waals surface area contributed by atoms with E-state index in [1.165, 1.54) is 0 Å². The van der Waals surface area contributed by atoms with E-state index >= 15 is 0 Å². The third-order valence-electron chi connectivity index (χ3n) is 3.61. The number of hydrogen-bond acceptors (Lipinski definition) is 3. The minimum atomic E-state index is 0.624. The molecule has 1 aromatic rings. The average Bonchev–Trinajstić information content (AvgIpc) is 2.38. The quantitative estimate of drug-likeness (QED) is 0.822. The van der Waals surface area contributed by atoms with Crippen molar-refractivity contribution >= 4 is 17.3 Å². The Morgan fingerprint density at radius 1 is 1.33 bits per heavy atom. The molecule has 0 bridgehead atoms. The van der Waals surface area contributed by atoms with Crippen LogP contribution in [0.2, 0.25) is 5.02 Å². The largest absolute Gasteiger partial charge is 0.370 e. The van der Waals surface area contributed by atoms with Crippen molar-refractivity contribution in [3.63, 3.8) is 0 Å². The molecule has 0 radical (unpaired) electrons. The lowest BCUT2D eigenvalue weighted by Gasteiger charge is -2.36. The molecule has 3 nitrogen and oxygen atoms in total. The van der Waals surface area contributed by atoms with Crippen molar-refractivity contribution in [3.05, 3.63) is 28.8 Å². The molecule has 1 aromatic carbocycles. The van der Waals surface area contributed by atoms with Gasteiger partial charge in [-0.3, -0.25) is 0 Å². The Labute approximate surface area is 114 Å². The minimum absolute atomic E-state index is 0.624. The molecule has 0 aromatic heterocycles. The summed E-state index contributed by atoms with van der Waals surface area (Å²) in [6.45, 7) is 2.00. The van der Waals surface area contributed by atoms with Gasteiger partial charge in [0.05, 0.1) is 11.3 Å². The zero-order valence-corrected chi connectivity index (χ0v) is 11.6. The second-order valence-corrected chi connectivity index (χ2v) is 5.39. The summed E-state index contributed by atoms with van der Waals surface area (Å²) in [4.78, 5) is 4.57. The highest BCUT2D eigenvalue weighted by Crippen LogP contribution is 2.27. The third-order valence-corrected chi connectivity index (χ3v) is 3.85. The van der Waals surface area contributed by atoms with Crippen LogP contribution in [0.15, 0.2) is 18.2 Å². The fraction of sp³-hybridized carbons (Fsp3) is 0.500. The van der Waals surface area contributed by atoms with Crippen LogP contribution in [0.3, 0.4) is 0 Å². The van der Waals surface area contributed by atoms with E-state index in [1.807, 2.05) is 12.1 Å². The lowest BCUT2D eigenvalue weighted by molar-refractivity contribution is 0.249. The number of nitrogens with zero attached hydrogens (tertiary/aromatic N) is 3. The maximum Gasteiger partial charge on any atom is 0.101 e. The molecule has 1 aliphatic rings. The molecule has 0 saturated carbocycles. The van der Waals surface area contributed by atoms with Crippen molar-refractivity contribution in [2.24, 2.45) is 0 Å². The molecule has 1 fully saturated rings. The van der Waals surface area contributed by atoms with Crippen molar-refractivity contribution < 1.29 is 0 Å². The Morgan fingerprint density at radius 2 is 2.00 bits per heavy atom. The van der Waals surface area contributed by atoms with Crippen LogP contribution in [-0.4, -0.2) is 38.1 Å². The molecule has 0 amide bonds. The number of halogens is 1. The van der Waals surface area contributed by atoms with Gasteiger partial charge in [0.25, 0.3) is 0 Å². The van der Waals surface area contributed by atoms with E-state index in [0.717, 1.165) is 31.6 Å². The maximum absolute atomic E-state index is 9.17. The van der Waals surface area contributed by atoms with Gasteiger partial charge in [0.1, 0.15) is 6.07 Å². The molecule has 18 heavy (non-hydrogen) atoms. The first-order chi connectivity index (χ1) is 8.61. The number of hydrogen-bond donors (Lipinski definition) is 0. The summed E-state index contributed by atoms with van der Waals surface area (Å²) in [6, 6.07) is 8.44. The third kappa shape index (κ3) is 2.77. The normalized spacial score (nSPS) is 16.9. The van der Waals surface area contributed by atoms with E-state index in [9.17, 15) is 5.26 Å². The van der Waals surface area contributed by atoms with Crippen molar-refractivity contribution in [3.8, 4) is 6.07 Å². The van der Waals surface area contributed by atoms with Crippen molar-refractivity contribution in [1.82, 2.24) is 4.90 Å². The van der Waals surface area contributed by atoms with E-state index in [2.05, 4.69) is 30.0 Å². The van der Waals surface area contributed by atoms with Gasteiger partial charge in [-0.25, -0.2) is 0 Å². The Kier molecular flexibility index (Phi) is 4.11. The highest BCUT2D eigenvalue weighted by atomic mass is 35.5. The van der Waals surface area contributed by atoms with Gasteiger partial charge in [-0.2, -0.15) is 5.26 Å². The van der Waals surface area contributed by atoms with Crippen molar-refractivity contribution in [2.45, 2.75) is 18.9 Å². The number of benzene rings is 1. The summed E-state index contributed by atoms with van der Waals surface area (Å²) in [6.07, 6.45) is 2.28. The standard InChI is InChI=1S/C14H18ClN3/c1-17(2)13-5-7-18(8-6-13)14-4-3-12(15)9-11(14)10-16/h3-4,9,13H,5-8H2,1-2H3. The van der Waals surface area contributed by atoms with Gasteiger partial charge >= 0.3 is 0 Å². The Morgan fingerprint density at radius 3 is 2.56 bits per heavy atom. The van der Waals surface area contributed by atoms with Gasteiger partial charge in [-0.15, -0.1) is 0 Å². The number of anilines is 1. The van der Waals surface area contributed by atoms with Crippen LogP contribution < -0.4 is 4.90 Å². The topological polar surface area (TPSA) is 30.3 Å². The zero-order valence-electron chi connectivity index (χ0n) is 10.9. The van der Waals surface area contributed by atoms with E-state index in [4.69, 9.17) is 11.6 Å². The second-order valence-electron chi connectivity index (χ2n) is 4.96. The van der Waals surface area contributed by atoms with Gasteiger partial charge < -0.3 is 9.80 Å². The van der Waals surface area contributed by atoms with Gasteiger partial charge in [-0.1, -0.05) is 11.6 Å². The summed E-state index contributed by atoms with van der Waals surface area (Å²) in [5, 5.41) is 9.79. The Hall–Kier alpha value is -1.24. The molecule has 2 rings (SSSR count). The number of nitriles is 1. The molecule has 96 valence electrons. The molecule has 4 heteroatoms. The summed E-state index contributed by atoms with van der Waals surface area (Å²) in [5.41, 5.74) is 1.69. The van der Waals surface area contributed by atoms with Crippen LogP contribution in [0.25, 0.3) is 0 Å². The van der Waals surface area contributed by atoms with Gasteiger partial charge in [-0.05, 0) is 45.1 Å². The first-order valence-corrected chi connectivity index (χ1v) is 6.60. The van der Waals surface area contributed by atoms with E-state index in [1.54, 1.807) is 6.07 Å². The molecule has 1 aliphatic heterocycles. The molecule has 0 unspecified atom stereocenters. The van der Waals surface area contributed by atoms with Crippen LogP contribution in [0.1, 0.15) is 18.4 Å². The van der Waals surface area contributed by atoms with Crippen LogP contribution in [0, 0.1) is 11.3 Å². The second kappa shape index (κ2) is 5.60. The van der Waals surface area contributed by atoms with Crippen LogP contribution in [0.5, 0.6) is 0 Å². The number of rotatable bonds is 2. The van der Waals surface area contributed by atoms with Crippen molar-refractivity contribution in [2.75, 3.05) is 32.1 Å². The summed E-state index contributed by atoms with van der Waals surface area (Å²) in [7, 11) is 4.26. The van der Waals surface area contributed by atoms with E-state index in [0.29, 0.717) is 16.6 Å². The highest BCUT2D eigenvalue weighted by molar-refractivity contribution is 6.30. The zero-order chi connectivity index (χ0) is 13.1. The number of piperidine rings is 1. The van der Waals surface area contributed by atoms with Gasteiger partial charge in [0.15, 0.2) is 0 Å². The molecule has 1 saturated heterocycles. The van der Waals surface area contributed by atoms with E-state index < -0.39 is 0 Å². The fourth-order valence-electron chi connectivity index (χ4n) is 2.50. The summed E-state index contributed by atoms with van der Waals surface area (Å²) < 4.78 is 0. The molecule has 0 N–H and O–H groups in total. The molecule has 0 aliphatic carbocycles. The van der Waals surface area contributed by atoms with Crippen LogP contribution in [0.4, 0.5) is 5.69 Å². The Balaban J connectivity index is 2.13. The predicted octanol–water partition coefficient (Wildman–Crippen LogP) is 2.74. The smallest absolute Gasteiger partial charge is 0.101 e. The van der Waals surface area contributed by atoms with E-state index in [-0.39, 0.29) is 0 Å². The monoisotopic (exact) mass is 263 g/mol. The molecule has 1 heterocycles. The lowest BCUT2D eigenvalue weighted by atomic mass is 10.0. The van der Waals surface area contributed by atoms with Gasteiger partial charge in [0.2, 0.25) is 0 Å². The average molecular weight is 264 g/mol. The first-order valence-electron chi connectivity index (χ1n) is 6.23. The first kappa shape index (κ1) is 13.2. The van der Waals surface area contributed by atoms with Crippen LogP contribution in [-0.2, 0) is 0 Å². The lowest BCUT2D eigenvalue weighted by Crippen LogP contribution is -2.42. The Bertz CT molecular complexity index is 457. The molecule has 0 spiro atoms. The molecule has 0 atom stereocenters. The molecular formula is C14H18ClN3. The maximum atomic E-state index is 9.17. The fourth-order valence-corrected chi connectivity index (χ4v) is 2.67.